The summed E-state index contributed by atoms with van der Waals surface area (Å²) in [5.41, 5.74) is 3.94. The molecule has 0 radical (unpaired) electrons. The molecule has 0 spiro atoms. The highest BCUT2D eigenvalue weighted by molar-refractivity contribution is 5.79. The van der Waals surface area contributed by atoms with Crippen LogP contribution in [0.15, 0.2) is 0 Å². The van der Waals surface area contributed by atoms with Gasteiger partial charge in [-0.25, -0.2) is 0 Å². The molecule has 0 aromatic carbocycles. The monoisotopic (exact) mass is 230 g/mol. The van der Waals surface area contributed by atoms with Crippen LogP contribution in [0.4, 0.5) is 0 Å². The fourth-order valence-electron chi connectivity index (χ4n) is 1.27. The first-order chi connectivity index (χ1) is 7.15. The first kappa shape index (κ1) is 15.4. The maximum atomic E-state index is 11.9. The summed E-state index contributed by atoms with van der Waals surface area (Å²) in [6.07, 6.45) is 1.71. The molecule has 16 heavy (non-hydrogen) atoms. The largest absolute Gasteiger partial charge is 0.388 e. The second-order valence-electron chi connectivity index (χ2n) is 5.39. The van der Waals surface area contributed by atoms with Crippen LogP contribution in [0.1, 0.15) is 47.5 Å². The van der Waals surface area contributed by atoms with Gasteiger partial charge in [0.05, 0.1) is 17.1 Å². The average Bonchev–Trinajstić information content (AvgIpc) is 2.11. The summed E-state index contributed by atoms with van der Waals surface area (Å²) in [5.74, 6) is -0.233. The molecule has 1 amide bonds. The van der Waals surface area contributed by atoms with Gasteiger partial charge in [-0.15, -0.1) is 0 Å². The van der Waals surface area contributed by atoms with E-state index in [-0.39, 0.29) is 11.8 Å². The Hall–Kier alpha value is -0.610. The van der Waals surface area contributed by atoms with Crippen LogP contribution in [-0.4, -0.2) is 28.7 Å². The van der Waals surface area contributed by atoms with E-state index in [4.69, 9.17) is 5.73 Å². The molecular formula is C12H26N2O2. The molecule has 96 valence electrons. The molecule has 4 N–H and O–H groups in total. The lowest BCUT2D eigenvalue weighted by Crippen LogP contribution is -2.59. The van der Waals surface area contributed by atoms with Gasteiger partial charge in [0.25, 0.3) is 0 Å². The third-order valence-corrected chi connectivity index (χ3v) is 3.26. The number of carbonyl (C=O) groups excluding carboxylic acids is 1. The van der Waals surface area contributed by atoms with E-state index >= 15 is 0 Å². The van der Waals surface area contributed by atoms with Crippen molar-refractivity contribution in [1.82, 2.24) is 5.32 Å². The van der Waals surface area contributed by atoms with E-state index in [9.17, 15) is 9.90 Å². The summed E-state index contributed by atoms with van der Waals surface area (Å²) in [6.45, 7) is 9.36. The van der Waals surface area contributed by atoms with E-state index in [1.54, 1.807) is 13.8 Å². The Morgan fingerprint density at radius 2 is 1.88 bits per heavy atom. The Balaban J connectivity index is 4.54. The average molecular weight is 230 g/mol. The molecule has 4 nitrogen and oxygen atoms in total. The van der Waals surface area contributed by atoms with Gasteiger partial charge in [-0.05, 0) is 34.1 Å². The zero-order valence-electron chi connectivity index (χ0n) is 11.1. The minimum absolute atomic E-state index is 0.0727. The lowest BCUT2D eigenvalue weighted by atomic mass is 9.85. The topological polar surface area (TPSA) is 75.4 Å². The van der Waals surface area contributed by atoms with Crippen molar-refractivity contribution in [3.63, 3.8) is 0 Å². The van der Waals surface area contributed by atoms with Crippen molar-refractivity contribution in [3.05, 3.63) is 0 Å². The molecule has 0 saturated carbocycles. The summed E-state index contributed by atoms with van der Waals surface area (Å²) in [7, 11) is 0. The molecule has 4 heteroatoms. The molecule has 0 aliphatic rings. The van der Waals surface area contributed by atoms with Crippen molar-refractivity contribution < 1.29 is 9.90 Å². The minimum Gasteiger partial charge on any atom is -0.388 e. The van der Waals surface area contributed by atoms with Gasteiger partial charge >= 0.3 is 0 Å². The molecule has 0 heterocycles. The van der Waals surface area contributed by atoms with Crippen molar-refractivity contribution in [2.45, 2.75) is 58.6 Å². The van der Waals surface area contributed by atoms with Crippen LogP contribution in [0.25, 0.3) is 0 Å². The molecule has 1 unspecified atom stereocenters. The number of hydrogen-bond acceptors (Lipinski definition) is 3. The van der Waals surface area contributed by atoms with Gasteiger partial charge < -0.3 is 16.2 Å². The predicted molar refractivity (Wildman–Crippen MR) is 66.0 cm³/mol. The minimum atomic E-state index is -0.964. The molecule has 0 aromatic rings. The summed E-state index contributed by atoms with van der Waals surface area (Å²) in [5, 5.41) is 12.8. The molecular weight excluding hydrogens is 204 g/mol. The number of rotatable bonds is 6. The molecule has 0 rings (SSSR count). The van der Waals surface area contributed by atoms with Gasteiger partial charge in [0.1, 0.15) is 0 Å². The molecule has 0 aliphatic carbocycles. The summed E-state index contributed by atoms with van der Waals surface area (Å²) in [4.78, 5) is 11.9. The van der Waals surface area contributed by atoms with Gasteiger partial charge in [-0.2, -0.15) is 0 Å². The van der Waals surface area contributed by atoms with Crippen LogP contribution in [0.2, 0.25) is 0 Å². The Bertz CT molecular complexity index is 232. The van der Waals surface area contributed by atoms with Gasteiger partial charge in [-0.3, -0.25) is 4.79 Å². The number of aliphatic hydroxyl groups is 1. The molecule has 0 saturated heterocycles. The van der Waals surface area contributed by atoms with Crippen LogP contribution in [0.5, 0.6) is 0 Å². The normalized spacial score (nSPS) is 14.7. The quantitative estimate of drug-likeness (QED) is 0.638. The Morgan fingerprint density at radius 3 is 2.19 bits per heavy atom. The maximum absolute atomic E-state index is 11.9. The molecule has 0 fully saturated rings. The first-order valence-corrected chi connectivity index (χ1v) is 5.90. The lowest BCUT2D eigenvalue weighted by Gasteiger charge is -2.38. The SMILES string of the molecule is CCCC(CN)C(=O)NC(C)(C)C(C)(C)O. The van der Waals surface area contributed by atoms with Crippen LogP contribution in [0, 0.1) is 5.92 Å². The van der Waals surface area contributed by atoms with Crippen LogP contribution < -0.4 is 11.1 Å². The van der Waals surface area contributed by atoms with E-state index in [0.29, 0.717) is 6.54 Å². The molecule has 0 aliphatic heterocycles. The molecule has 0 bridgehead atoms. The van der Waals surface area contributed by atoms with Gasteiger partial charge in [0, 0.05) is 6.54 Å². The Morgan fingerprint density at radius 1 is 1.38 bits per heavy atom. The lowest BCUT2D eigenvalue weighted by molar-refractivity contribution is -0.130. The number of nitrogens with one attached hydrogen (secondary N) is 1. The highest BCUT2D eigenvalue weighted by Gasteiger charge is 2.37. The van der Waals surface area contributed by atoms with Crippen LogP contribution in [0.3, 0.4) is 0 Å². The second kappa shape index (κ2) is 5.64. The maximum Gasteiger partial charge on any atom is 0.224 e. The smallest absolute Gasteiger partial charge is 0.224 e. The fraction of sp³-hybridized carbons (Fsp3) is 0.917. The van der Waals surface area contributed by atoms with Crippen LogP contribution in [-0.2, 0) is 4.79 Å². The Kier molecular flexibility index (Phi) is 5.42. The summed E-state index contributed by atoms with van der Waals surface area (Å²) in [6, 6.07) is 0. The summed E-state index contributed by atoms with van der Waals surface area (Å²) >= 11 is 0. The highest BCUT2D eigenvalue weighted by atomic mass is 16.3. The molecule has 0 aromatic heterocycles. The van der Waals surface area contributed by atoms with Crippen LogP contribution >= 0.6 is 0 Å². The van der Waals surface area contributed by atoms with Crippen molar-refractivity contribution in [3.8, 4) is 0 Å². The van der Waals surface area contributed by atoms with Gasteiger partial charge in [0.2, 0.25) is 5.91 Å². The number of nitrogens with two attached hydrogens (primary N) is 1. The first-order valence-electron chi connectivity index (χ1n) is 5.90. The van der Waals surface area contributed by atoms with Crippen molar-refractivity contribution in [1.29, 1.82) is 0 Å². The van der Waals surface area contributed by atoms with E-state index in [1.807, 2.05) is 20.8 Å². The van der Waals surface area contributed by atoms with E-state index < -0.39 is 11.1 Å². The van der Waals surface area contributed by atoms with E-state index in [1.165, 1.54) is 0 Å². The number of amides is 1. The van der Waals surface area contributed by atoms with E-state index in [2.05, 4.69) is 5.32 Å². The number of hydrogen-bond donors (Lipinski definition) is 3. The third-order valence-electron chi connectivity index (χ3n) is 3.26. The zero-order chi connectivity index (χ0) is 13.0. The fourth-order valence-corrected chi connectivity index (χ4v) is 1.27. The zero-order valence-corrected chi connectivity index (χ0v) is 11.1. The Labute approximate surface area is 98.6 Å². The number of carbonyl (C=O) groups is 1. The van der Waals surface area contributed by atoms with Crippen molar-refractivity contribution >= 4 is 5.91 Å². The predicted octanol–water partition coefficient (Wildman–Crippen LogP) is 1.03. The summed E-state index contributed by atoms with van der Waals surface area (Å²) < 4.78 is 0. The van der Waals surface area contributed by atoms with E-state index in [0.717, 1.165) is 12.8 Å². The van der Waals surface area contributed by atoms with Gasteiger partial charge in [0.15, 0.2) is 0 Å². The highest BCUT2D eigenvalue weighted by Crippen LogP contribution is 2.21. The second-order valence-corrected chi connectivity index (χ2v) is 5.39. The molecule has 1 atom stereocenters. The van der Waals surface area contributed by atoms with Crippen molar-refractivity contribution in [2.24, 2.45) is 11.7 Å². The van der Waals surface area contributed by atoms with Crippen molar-refractivity contribution in [2.75, 3.05) is 6.54 Å². The van der Waals surface area contributed by atoms with Gasteiger partial charge in [-0.1, -0.05) is 13.3 Å². The standard InChI is InChI=1S/C12H26N2O2/c1-6-7-9(8-13)10(15)14-11(2,3)12(4,5)16/h9,16H,6-8,13H2,1-5H3,(H,14,15). The third kappa shape index (κ3) is 4.10.